The summed E-state index contributed by atoms with van der Waals surface area (Å²) in [5.74, 6) is 2.33. The Balaban J connectivity index is 3.02. The molecule has 1 rings (SSSR count). The van der Waals surface area contributed by atoms with Crippen LogP contribution in [0.15, 0.2) is 11.5 Å². The Kier molecular flexibility index (Phi) is 1.55. The molecule has 0 fully saturated rings. The summed E-state index contributed by atoms with van der Waals surface area (Å²) in [7, 11) is -1.72. The van der Waals surface area contributed by atoms with Crippen molar-refractivity contribution in [3.63, 3.8) is 0 Å². The lowest BCUT2D eigenvalue weighted by Crippen LogP contribution is -2.27. The van der Waals surface area contributed by atoms with Crippen LogP contribution in [0.4, 0.5) is 0 Å². The van der Waals surface area contributed by atoms with Crippen molar-refractivity contribution in [2.75, 3.05) is 7.05 Å². The van der Waals surface area contributed by atoms with Crippen LogP contribution in [0.3, 0.4) is 0 Å². The second-order valence-electron chi connectivity index (χ2n) is 2.00. The van der Waals surface area contributed by atoms with E-state index in [2.05, 4.69) is 5.92 Å². The van der Waals surface area contributed by atoms with Crippen molar-refractivity contribution in [2.24, 2.45) is 0 Å². The first-order valence-corrected chi connectivity index (χ1v) is 4.20. The third kappa shape index (κ3) is 0.939. The van der Waals surface area contributed by atoms with Crippen LogP contribution in [-0.4, -0.2) is 25.8 Å². The van der Waals surface area contributed by atoms with Crippen LogP contribution in [0.5, 0.6) is 0 Å². The first kappa shape index (κ1) is 7.32. The summed E-state index contributed by atoms with van der Waals surface area (Å²) in [6.07, 6.45) is 6.52. The number of hydrogen-bond donors (Lipinski definition) is 0. The standard InChI is InChI=1S/C6H7NO2S/c1-3-6-4-5-10(8,9)7(6)2/h1,4-6H,2H3. The molecule has 1 atom stereocenters. The van der Waals surface area contributed by atoms with Crippen molar-refractivity contribution in [1.29, 1.82) is 0 Å². The van der Waals surface area contributed by atoms with Crippen molar-refractivity contribution in [3.05, 3.63) is 11.5 Å². The van der Waals surface area contributed by atoms with Gasteiger partial charge in [-0.2, -0.15) is 4.31 Å². The maximum Gasteiger partial charge on any atom is 0.237 e. The van der Waals surface area contributed by atoms with Gasteiger partial charge < -0.3 is 0 Å². The van der Waals surface area contributed by atoms with E-state index in [-0.39, 0.29) is 0 Å². The van der Waals surface area contributed by atoms with Crippen molar-refractivity contribution in [2.45, 2.75) is 6.04 Å². The Bertz CT molecular complexity index is 296. The summed E-state index contributed by atoms with van der Waals surface area (Å²) in [5.41, 5.74) is 0. The number of sulfonamides is 1. The molecule has 0 saturated carbocycles. The highest BCUT2D eigenvalue weighted by molar-refractivity contribution is 7.92. The van der Waals surface area contributed by atoms with Gasteiger partial charge in [-0.1, -0.05) is 5.92 Å². The van der Waals surface area contributed by atoms with E-state index in [0.717, 1.165) is 9.71 Å². The van der Waals surface area contributed by atoms with E-state index in [9.17, 15) is 8.42 Å². The minimum absolute atomic E-state index is 0.398. The van der Waals surface area contributed by atoms with E-state index in [1.165, 1.54) is 13.1 Å². The van der Waals surface area contributed by atoms with Crippen molar-refractivity contribution < 1.29 is 8.42 Å². The predicted octanol–water partition coefficient (Wildman–Crippen LogP) is -0.223. The van der Waals surface area contributed by atoms with E-state index in [1.807, 2.05) is 0 Å². The van der Waals surface area contributed by atoms with Crippen LogP contribution in [0.1, 0.15) is 0 Å². The molecule has 1 unspecified atom stereocenters. The van der Waals surface area contributed by atoms with Gasteiger partial charge in [0, 0.05) is 12.5 Å². The molecular formula is C6H7NO2S. The molecular weight excluding hydrogens is 150 g/mol. The predicted molar refractivity (Wildman–Crippen MR) is 38.4 cm³/mol. The Labute approximate surface area is 60.4 Å². The second-order valence-corrected chi connectivity index (χ2v) is 3.88. The molecule has 0 aromatic heterocycles. The summed E-state index contributed by atoms with van der Waals surface area (Å²) >= 11 is 0. The summed E-state index contributed by atoms with van der Waals surface area (Å²) in [6.45, 7) is 0. The highest BCUT2D eigenvalue weighted by Crippen LogP contribution is 2.14. The topological polar surface area (TPSA) is 37.4 Å². The molecule has 0 aromatic carbocycles. The highest BCUT2D eigenvalue weighted by atomic mass is 32.2. The third-order valence-electron chi connectivity index (χ3n) is 1.40. The Morgan fingerprint density at radius 3 is 2.50 bits per heavy atom. The summed E-state index contributed by atoms with van der Waals surface area (Å²) in [5, 5.41) is 1.12. The van der Waals surface area contributed by atoms with Gasteiger partial charge in [-0.25, -0.2) is 8.42 Å². The largest absolute Gasteiger partial charge is 0.237 e. The van der Waals surface area contributed by atoms with Crippen LogP contribution in [0, 0.1) is 12.3 Å². The maximum atomic E-state index is 10.9. The average Bonchev–Trinajstić information content (AvgIpc) is 2.10. The lowest BCUT2D eigenvalue weighted by Gasteiger charge is -2.10. The van der Waals surface area contributed by atoms with E-state index < -0.39 is 16.1 Å². The van der Waals surface area contributed by atoms with Crippen LogP contribution in [0.2, 0.25) is 0 Å². The minimum atomic E-state index is -3.18. The van der Waals surface area contributed by atoms with Gasteiger partial charge in [0.1, 0.15) is 6.04 Å². The zero-order valence-corrected chi connectivity index (χ0v) is 6.30. The molecule has 10 heavy (non-hydrogen) atoms. The first-order valence-electron chi connectivity index (χ1n) is 2.70. The summed E-state index contributed by atoms with van der Waals surface area (Å²) in [4.78, 5) is 0. The van der Waals surface area contributed by atoms with Crippen LogP contribution < -0.4 is 0 Å². The van der Waals surface area contributed by atoms with Crippen molar-refractivity contribution in [1.82, 2.24) is 4.31 Å². The lowest BCUT2D eigenvalue weighted by molar-refractivity contribution is 0.485. The molecule has 0 bridgehead atoms. The first-order chi connectivity index (χ1) is 4.58. The zero-order chi connectivity index (χ0) is 7.78. The van der Waals surface area contributed by atoms with Gasteiger partial charge >= 0.3 is 0 Å². The van der Waals surface area contributed by atoms with Gasteiger partial charge in [0.05, 0.1) is 0 Å². The van der Waals surface area contributed by atoms with Crippen LogP contribution in [0.25, 0.3) is 0 Å². The smallest absolute Gasteiger partial charge is 0.207 e. The fourth-order valence-electron chi connectivity index (χ4n) is 0.710. The molecule has 54 valence electrons. The molecule has 4 heteroatoms. The second kappa shape index (κ2) is 2.11. The minimum Gasteiger partial charge on any atom is -0.207 e. The molecule has 3 nitrogen and oxygen atoms in total. The molecule has 0 aliphatic carbocycles. The molecule has 1 heterocycles. The van der Waals surface area contributed by atoms with Crippen LogP contribution in [-0.2, 0) is 10.0 Å². The Morgan fingerprint density at radius 2 is 2.30 bits per heavy atom. The SMILES string of the molecule is C#CC1C=CS(=O)(=O)N1C. The van der Waals surface area contributed by atoms with Gasteiger partial charge in [-0.05, 0) is 6.08 Å². The molecule has 0 N–H and O–H groups in total. The van der Waals surface area contributed by atoms with Crippen molar-refractivity contribution >= 4 is 10.0 Å². The fourth-order valence-corrected chi connectivity index (χ4v) is 1.70. The highest BCUT2D eigenvalue weighted by Gasteiger charge is 2.26. The number of hydrogen-bond acceptors (Lipinski definition) is 2. The number of rotatable bonds is 0. The number of nitrogens with zero attached hydrogens (tertiary/aromatic N) is 1. The van der Waals surface area contributed by atoms with Gasteiger partial charge in [0.25, 0.3) is 0 Å². The van der Waals surface area contributed by atoms with Gasteiger partial charge in [0.15, 0.2) is 0 Å². The Hall–Kier alpha value is -0.790. The summed E-state index contributed by atoms with van der Waals surface area (Å²) < 4.78 is 22.9. The molecule has 0 saturated heterocycles. The van der Waals surface area contributed by atoms with Gasteiger partial charge in [0.2, 0.25) is 10.0 Å². The van der Waals surface area contributed by atoms with Gasteiger partial charge in [-0.15, -0.1) is 6.42 Å². The van der Waals surface area contributed by atoms with E-state index in [1.54, 1.807) is 0 Å². The Morgan fingerprint density at radius 1 is 1.70 bits per heavy atom. The van der Waals surface area contributed by atoms with Crippen LogP contribution >= 0.6 is 0 Å². The molecule has 1 aliphatic rings. The average molecular weight is 157 g/mol. The normalized spacial score (nSPS) is 30.2. The van der Waals surface area contributed by atoms with Gasteiger partial charge in [-0.3, -0.25) is 0 Å². The quantitative estimate of drug-likeness (QED) is 0.456. The van der Waals surface area contributed by atoms with E-state index >= 15 is 0 Å². The lowest BCUT2D eigenvalue weighted by atomic mass is 10.3. The monoisotopic (exact) mass is 157 g/mol. The number of likely N-dealkylation sites (N-methyl/N-ethyl adjacent to an activating group) is 1. The summed E-state index contributed by atoms with van der Waals surface area (Å²) in [6, 6.07) is -0.398. The van der Waals surface area contributed by atoms with E-state index in [4.69, 9.17) is 6.42 Å². The van der Waals surface area contributed by atoms with E-state index in [0.29, 0.717) is 0 Å². The molecule has 0 radical (unpaired) electrons. The van der Waals surface area contributed by atoms with Crippen molar-refractivity contribution in [3.8, 4) is 12.3 Å². The zero-order valence-electron chi connectivity index (χ0n) is 5.48. The molecule has 0 spiro atoms. The fraction of sp³-hybridized carbons (Fsp3) is 0.333. The molecule has 0 amide bonds. The third-order valence-corrected chi connectivity index (χ3v) is 2.93. The maximum absolute atomic E-state index is 10.9. The molecule has 0 aromatic rings. The number of terminal acetylenes is 1. The molecule has 1 aliphatic heterocycles.